The second-order valence-electron chi connectivity index (χ2n) is 3.97. The lowest BCUT2D eigenvalue weighted by Gasteiger charge is -2.25. The van der Waals surface area contributed by atoms with Gasteiger partial charge < -0.3 is 0 Å². The lowest BCUT2D eigenvalue weighted by molar-refractivity contribution is 1.18. The van der Waals surface area contributed by atoms with E-state index in [4.69, 9.17) is 0 Å². The second-order valence-corrected chi connectivity index (χ2v) is 18.9. The van der Waals surface area contributed by atoms with Gasteiger partial charge in [-0.2, -0.15) is 0 Å². The molecule has 0 nitrogen and oxygen atoms in total. The van der Waals surface area contributed by atoms with Crippen LogP contribution in [0.1, 0.15) is 6.42 Å². The van der Waals surface area contributed by atoms with Gasteiger partial charge in [-0.25, -0.2) is 0 Å². The Morgan fingerprint density at radius 2 is 1.90 bits per heavy atom. The highest BCUT2D eigenvalue weighted by atomic mass is 29.2. The van der Waals surface area contributed by atoms with Crippen molar-refractivity contribution in [2.75, 3.05) is 0 Å². The van der Waals surface area contributed by atoms with Crippen molar-refractivity contribution in [1.82, 2.24) is 0 Å². The lowest BCUT2D eigenvalue weighted by Crippen LogP contribution is -2.40. The number of allylic oxidation sites excluding steroid dienone is 1. The first-order chi connectivity index (χ1) is 4.50. The molecule has 0 spiro atoms. The smallest absolute Gasteiger partial charge is 0.0377 e. The van der Waals surface area contributed by atoms with Gasteiger partial charge in [0.05, 0.1) is 0 Å². The van der Waals surface area contributed by atoms with Gasteiger partial charge in [-0.15, -0.1) is 6.58 Å². The highest BCUT2D eigenvalue weighted by Gasteiger charge is 2.24. The Kier molecular flexibility index (Phi) is 4.21. The fourth-order valence-electron chi connectivity index (χ4n) is 0.763. The topological polar surface area (TPSA) is 0 Å². The fraction of sp³-hybridized carbons (Fsp3) is 0.750. The minimum Gasteiger partial charge on any atom is -0.103 e. The molecule has 0 rings (SSSR count). The molecule has 0 aromatic heterocycles. The summed E-state index contributed by atoms with van der Waals surface area (Å²) in [6, 6.07) is 1.46. The van der Waals surface area contributed by atoms with Crippen LogP contribution in [0.15, 0.2) is 12.7 Å². The third-order valence-electron chi connectivity index (χ3n) is 2.56. The van der Waals surface area contributed by atoms with E-state index in [1.54, 1.807) is 0 Å². The van der Waals surface area contributed by atoms with Crippen molar-refractivity contribution >= 4 is 15.9 Å². The van der Waals surface area contributed by atoms with E-state index < -0.39 is 7.59 Å². The van der Waals surface area contributed by atoms with E-state index in [2.05, 4.69) is 38.8 Å². The molecule has 0 amide bonds. The van der Waals surface area contributed by atoms with Crippen molar-refractivity contribution in [3.63, 3.8) is 0 Å². The lowest BCUT2D eigenvalue weighted by atomic mass is 10.5. The Hall–Kier alpha value is 0.174. The summed E-state index contributed by atoms with van der Waals surface area (Å²) in [6.07, 6.45) is 3.30. The average Bonchev–Trinajstić information content (AvgIpc) is 1.84. The first kappa shape index (κ1) is 10.2. The van der Waals surface area contributed by atoms with Crippen molar-refractivity contribution in [2.24, 2.45) is 0 Å². The van der Waals surface area contributed by atoms with Crippen LogP contribution in [0, 0.1) is 0 Å². The molecule has 0 fully saturated rings. The second kappa shape index (κ2) is 4.14. The predicted octanol–water partition coefficient (Wildman–Crippen LogP) is 2.84. The summed E-state index contributed by atoms with van der Waals surface area (Å²) in [4.78, 5) is 0. The third-order valence-corrected chi connectivity index (χ3v) is 17.5. The first-order valence-electron chi connectivity index (χ1n) is 4.11. The maximum absolute atomic E-state index is 3.76. The summed E-state index contributed by atoms with van der Waals surface area (Å²) in [6.45, 7) is 13.8. The molecule has 0 aliphatic heterocycles. The van der Waals surface area contributed by atoms with Gasteiger partial charge in [0.15, 0.2) is 0 Å². The molecule has 0 atom stereocenters. The standard InChI is InChI=1S/C8H20Si2/c1-6-7-8-10(4,5)9(2)3/h6,9H,1,7-8H2,2-5H3. The molecule has 0 radical (unpaired) electrons. The summed E-state index contributed by atoms with van der Waals surface area (Å²) >= 11 is 0. The molecular formula is C8H20Si2. The average molecular weight is 172 g/mol. The minimum atomic E-state index is -0.734. The van der Waals surface area contributed by atoms with Crippen molar-refractivity contribution in [1.29, 1.82) is 0 Å². The first-order valence-corrected chi connectivity index (χ1v) is 11.4. The Balaban J connectivity index is 3.74. The quantitative estimate of drug-likeness (QED) is 0.452. The van der Waals surface area contributed by atoms with E-state index >= 15 is 0 Å². The van der Waals surface area contributed by atoms with E-state index in [1.807, 2.05) is 0 Å². The molecule has 0 unspecified atom stereocenters. The van der Waals surface area contributed by atoms with Gasteiger partial charge in [-0.05, 0) is 6.42 Å². The molecular weight excluding hydrogens is 152 g/mol. The molecule has 0 aliphatic carbocycles. The highest BCUT2D eigenvalue weighted by molar-refractivity contribution is 7.31. The summed E-state index contributed by atoms with van der Waals surface area (Å²) < 4.78 is 0. The predicted molar refractivity (Wildman–Crippen MR) is 56.0 cm³/mol. The van der Waals surface area contributed by atoms with Crippen LogP contribution in [0.25, 0.3) is 0 Å². The third kappa shape index (κ3) is 3.37. The van der Waals surface area contributed by atoms with Crippen LogP contribution in [0.2, 0.25) is 32.2 Å². The van der Waals surface area contributed by atoms with E-state index in [0.29, 0.717) is 0 Å². The summed E-state index contributed by atoms with van der Waals surface area (Å²) in [5.74, 6) is 0. The van der Waals surface area contributed by atoms with E-state index in [-0.39, 0.29) is 8.31 Å². The molecule has 10 heavy (non-hydrogen) atoms. The zero-order valence-corrected chi connectivity index (χ0v) is 9.93. The number of hydrogen-bond acceptors (Lipinski definition) is 0. The van der Waals surface area contributed by atoms with Gasteiger partial charge in [-0.3, -0.25) is 0 Å². The summed E-state index contributed by atoms with van der Waals surface area (Å²) in [5.41, 5.74) is 0. The maximum Gasteiger partial charge on any atom is 0.0377 e. The SMILES string of the molecule is C=CCC[Si](C)(C)[SiH](C)C. The molecule has 0 saturated heterocycles. The summed E-state index contributed by atoms with van der Waals surface area (Å²) in [7, 11) is -1.05. The van der Waals surface area contributed by atoms with Gasteiger partial charge in [0.1, 0.15) is 0 Å². The van der Waals surface area contributed by atoms with Crippen molar-refractivity contribution < 1.29 is 0 Å². The highest BCUT2D eigenvalue weighted by Crippen LogP contribution is 2.15. The minimum absolute atomic E-state index is 0.320. The van der Waals surface area contributed by atoms with Gasteiger partial charge >= 0.3 is 0 Å². The van der Waals surface area contributed by atoms with Crippen molar-refractivity contribution in [2.45, 2.75) is 38.7 Å². The molecule has 2 heteroatoms. The van der Waals surface area contributed by atoms with E-state index in [0.717, 1.165) is 0 Å². The van der Waals surface area contributed by atoms with Gasteiger partial charge in [0, 0.05) is 15.9 Å². The Morgan fingerprint density at radius 3 is 2.20 bits per heavy atom. The molecule has 0 heterocycles. The maximum atomic E-state index is 3.76. The molecule has 0 N–H and O–H groups in total. The van der Waals surface area contributed by atoms with Crippen molar-refractivity contribution in [3.05, 3.63) is 12.7 Å². The monoisotopic (exact) mass is 172 g/mol. The van der Waals surface area contributed by atoms with Crippen LogP contribution in [-0.2, 0) is 0 Å². The fourth-order valence-corrected chi connectivity index (χ4v) is 4.52. The van der Waals surface area contributed by atoms with Gasteiger partial charge in [0.2, 0.25) is 0 Å². The molecule has 60 valence electrons. The Bertz CT molecular complexity index is 106. The Morgan fingerprint density at radius 1 is 1.40 bits per heavy atom. The van der Waals surface area contributed by atoms with E-state index in [1.165, 1.54) is 12.5 Å². The molecule has 0 aromatic carbocycles. The van der Waals surface area contributed by atoms with Gasteiger partial charge in [0.25, 0.3) is 0 Å². The number of hydrogen-bond donors (Lipinski definition) is 0. The van der Waals surface area contributed by atoms with Gasteiger partial charge in [-0.1, -0.05) is 38.3 Å². The number of rotatable bonds is 4. The van der Waals surface area contributed by atoms with Crippen LogP contribution in [0.3, 0.4) is 0 Å². The largest absolute Gasteiger partial charge is 0.103 e. The zero-order chi connectivity index (χ0) is 8.20. The van der Waals surface area contributed by atoms with Crippen LogP contribution < -0.4 is 0 Å². The molecule has 0 aromatic rings. The molecule has 0 saturated carbocycles. The van der Waals surface area contributed by atoms with Crippen LogP contribution in [0.4, 0.5) is 0 Å². The molecule has 0 bridgehead atoms. The van der Waals surface area contributed by atoms with E-state index in [9.17, 15) is 0 Å². The zero-order valence-electron chi connectivity index (χ0n) is 7.78. The van der Waals surface area contributed by atoms with Crippen LogP contribution in [0.5, 0.6) is 0 Å². The normalized spacial score (nSPS) is 12.1. The Labute approximate surface area is 67.8 Å². The molecule has 0 aliphatic rings. The summed E-state index contributed by atoms with van der Waals surface area (Å²) in [5, 5.41) is 0. The van der Waals surface area contributed by atoms with Crippen LogP contribution >= 0.6 is 0 Å². The van der Waals surface area contributed by atoms with Crippen LogP contribution in [-0.4, -0.2) is 15.9 Å². The van der Waals surface area contributed by atoms with Crippen molar-refractivity contribution in [3.8, 4) is 0 Å².